The minimum absolute atomic E-state index is 0.00521. The summed E-state index contributed by atoms with van der Waals surface area (Å²) in [6, 6.07) is 18.2. The van der Waals surface area contributed by atoms with Crippen LogP contribution in [0.3, 0.4) is 0 Å². The van der Waals surface area contributed by atoms with E-state index in [1.165, 1.54) is 12.7 Å². The molecule has 4 nitrogen and oxygen atoms in total. The molecule has 0 unspecified atom stereocenters. The lowest BCUT2D eigenvalue weighted by molar-refractivity contribution is -0.165. The Hall–Kier alpha value is -2.14. The smallest absolute Gasteiger partial charge is 0.325 e. The third-order valence-electron chi connectivity index (χ3n) is 4.88. The first kappa shape index (κ1) is 18.6. The number of β-lactam (4-membered cyclic amide) rings is 1. The zero-order valence-corrected chi connectivity index (χ0v) is 16.3. The predicted molar refractivity (Wildman–Crippen MR) is 103 cm³/mol. The molecule has 3 rings (SSSR count). The molecule has 2 aromatic carbocycles. The number of likely N-dealkylation sites (tertiary alicyclic amines) is 1. The molecule has 0 bridgehead atoms. The Kier molecular flexibility index (Phi) is 6.09. The second kappa shape index (κ2) is 8.49. The van der Waals surface area contributed by atoms with Gasteiger partial charge in [-0.1, -0.05) is 58.4 Å². The number of hydrogen-bond acceptors (Lipinski definition) is 3. The highest BCUT2D eigenvalue weighted by molar-refractivity contribution is 9.10. The molecule has 0 N–H and O–H groups in total. The van der Waals surface area contributed by atoms with Crippen molar-refractivity contribution in [1.29, 1.82) is 0 Å². The second-order valence-corrected chi connectivity index (χ2v) is 7.44. The molecule has 1 heterocycles. The van der Waals surface area contributed by atoms with Crippen LogP contribution in [0.25, 0.3) is 0 Å². The molecule has 0 aliphatic carbocycles. The van der Waals surface area contributed by atoms with Crippen LogP contribution in [0.4, 0.5) is 0 Å². The molecule has 0 saturated carbocycles. The number of methoxy groups -OCH3 is 1. The van der Waals surface area contributed by atoms with E-state index in [1.54, 1.807) is 4.90 Å². The molecule has 1 aliphatic heterocycles. The van der Waals surface area contributed by atoms with E-state index in [-0.39, 0.29) is 30.4 Å². The normalized spacial score (nSPS) is 19.2. The zero-order chi connectivity index (χ0) is 18.5. The van der Waals surface area contributed by atoms with E-state index >= 15 is 0 Å². The molecule has 0 aromatic heterocycles. The molecule has 136 valence electrons. The van der Waals surface area contributed by atoms with E-state index < -0.39 is 0 Å². The van der Waals surface area contributed by atoms with Gasteiger partial charge in [-0.2, -0.15) is 0 Å². The monoisotopic (exact) mass is 415 g/mol. The number of hydrogen-bond donors (Lipinski definition) is 0. The van der Waals surface area contributed by atoms with E-state index in [0.29, 0.717) is 0 Å². The van der Waals surface area contributed by atoms with Crippen molar-refractivity contribution in [3.05, 3.63) is 70.2 Å². The fraction of sp³-hybridized carbons (Fsp3) is 0.333. The van der Waals surface area contributed by atoms with Gasteiger partial charge in [-0.05, 0) is 42.5 Å². The fourth-order valence-corrected chi connectivity index (χ4v) is 3.79. The van der Waals surface area contributed by atoms with Gasteiger partial charge in [0.05, 0.1) is 19.1 Å². The second-order valence-electron chi connectivity index (χ2n) is 6.52. The number of rotatable bonds is 7. The Labute approximate surface area is 162 Å². The van der Waals surface area contributed by atoms with E-state index in [4.69, 9.17) is 4.74 Å². The molecule has 5 heteroatoms. The molecular weight excluding hydrogens is 394 g/mol. The van der Waals surface area contributed by atoms with E-state index in [0.717, 1.165) is 29.3 Å². The van der Waals surface area contributed by atoms with Gasteiger partial charge in [0.1, 0.15) is 6.54 Å². The summed E-state index contributed by atoms with van der Waals surface area (Å²) in [6.45, 7) is 0.00521. The van der Waals surface area contributed by atoms with Crippen LogP contribution in [-0.4, -0.2) is 30.4 Å². The highest BCUT2D eigenvalue weighted by atomic mass is 79.9. The lowest BCUT2D eigenvalue weighted by Gasteiger charge is -2.47. The Morgan fingerprint density at radius 3 is 2.46 bits per heavy atom. The first-order valence-corrected chi connectivity index (χ1v) is 9.56. The van der Waals surface area contributed by atoms with Crippen molar-refractivity contribution >= 4 is 27.8 Å². The van der Waals surface area contributed by atoms with Crippen LogP contribution < -0.4 is 0 Å². The highest BCUT2D eigenvalue weighted by Gasteiger charge is 2.48. The molecule has 1 saturated heterocycles. The quantitative estimate of drug-likeness (QED) is 0.504. The van der Waals surface area contributed by atoms with Crippen molar-refractivity contribution in [3.8, 4) is 0 Å². The van der Waals surface area contributed by atoms with Crippen molar-refractivity contribution in [2.24, 2.45) is 5.92 Å². The fourth-order valence-electron chi connectivity index (χ4n) is 3.52. The molecule has 0 radical (unpaired) electrons. The highest BCUT2D eigenvalue weighted by Crippen LogP contribution is 2.42. The van der Waals surface area contributed by atoms with Gasteiger partial charge in [-0.15, -0.1) is 0 Å². The van der Waals surface area contributed by atoms with Gasteiger partial charge in [-0.25, -0.2) is 0 Å². The van der Waals surface area contributed by atoms with Crippen LogP contribution in [0.2, 0.25) is 0 Å². The molecular formula is C21H22BrNO3. The van der Waals surface area contributed by atoms with Gasteiger partial charge in [-0.3, -0.25) is 9.59 Å². The number of carbonyl (C=O) groups excluding carboxylic acids is 2. The summed E-state index contributed by atoms with van der Waals surface area (Å²) in [4.78, 5) is 25.9. The maximum atomic E-state index is 12.6. The third kappa shape index (κ3) is 4.15. The van der Waals surface area contributed by atoms with Crippen LogP contribution in [0, 0.1) is 5.92 Å². The molecule has 0 spiro atoms. The average molecular weight is 416 g/mol. The number of halogens is 1. The lowest BCUT2D eigenvalue weighted by atomic mass is 9.79. The molecule has 1 fully saturated rings. The van der Waals surface area contributed by atoms with Gasteiger partial charge in [0.2, 0.25) is 5.91 Å². The third-order valence-corrected chi connectivity index (χ3v) is 5.41. The largest absolute Gasteiger partial charge is 0.468 e. The lowest BCUT2D eigenvalue weighted by Crippen LogP contribution is -2.56. The Morgan fingerprint density at radius 2 is 1.81 bits per heavy atom. The van der Waals surface area contributed by atoms with E-state index in [1.807, 2.05) is 42.5 Å². The minimum atomic E-state index is -0.386. The Balaban J connectivity index is 1.69. The summed E-state index contributed by atoms with van der Waals surface area (Å²) >= 11 is 3.44. The summed E-state index contributed by atoms with van der Waals surface area (Å²) < 4.78 is 5.73. The van der Waals surface area contributed by atoms with Crippen molar-refractivity contribution in [1.82, 2.24) is 4.90 Å². The van der Waals surface area contributed by atoms with Crippen LogP contribution in [0.5, 0.6) is 0 Å². The molecule has 2 aromatic rings. The van der Waals surface area contributed by atoms with Crippen molar-refractivity contribution in [2.45, 2.75) is 25.3 Å². The number of benzene rings is 2. The SMILES string of the molecule is COC(=O)CN1C(=O)[C@H](CCCc2ccccc2)[C@H]1c1ccc(Br)cc1. The van der Waals surface area contributed by atoms with Gasteiger partial charge < -0.3 is 9.64 Å². The molecule has 26 heavy (non-hydrogen) atoms. The number of nitrogens with zero attached hydrogens (tertiary/aromatic N) is 1. The minimum Gasteiger partial charge on any atom is -0.468 e. The van der Waals surface area contributed by atoms with Crippen molar-refractivity contribution in [3.63, 3.8) is 0 Å². The topological polar surface area (TPSA) is 46.6 Å². The number of amides is 1. The predicted octanol–water partition coefficient (Wildman–Crippen LogP) is 4.14. The number of ether oxygens (including phenoxy) is 1. The van der Waals surface area contributed by atoms with Crippen molar-refractivity contribution < 1.29 is 14.3 Å². The van der Waals surface area contributed by atoms with E-state index in [9.17, 15) is 9.59 Å². The Morgan fingerprint density at radius 1 is 1.12 bits per heavy atom. The van der Waals surface area contributed by atoms with Gasteiger partial charge in [0.15, 0.2) is 0 Å². The molecule has 1 aliphatic rings. The summed E-state index contributed by atoms with van der Waals surface area (Å²) in [5.74, 6) is -0.427. The summed E-state index contributed by atoms with van der Waals surface area (Å²) in [7, 11) is 1.35. The molecule has 1 amide bonds. The summed E-state index contributed by atoms with van der Waals surface area (Å²) in [6.07, 6.45) is 2.71. The number of aryl methyl sites for hydroxylation is 1. The summed E-state index contributed by atoms with van der Waals surface area (Å²) in [5.41, 5.74) is 2.34. The van der Waals surface area contributed by atoms with Gasteiger partial charge in [0, 0.05) is 4.47 Å². The van der Waals surface area contributed by atoms with Gasteiger partial charge in [0.25, 0.3) is 0 Å². The maximum absolute atomic E-state index is 12.6. The van der Waals surface area contributed by atoms with Crippen LogP contribution in [0.15, 0.2) is 59.1 Å². The first-order valence-electron chi connectivity index (χ1n) is 8.77. The van der Waals surface area contributed by atoms with Crippen LogP contribution >= 0.6 is 15.9 Å². The average Bonchev–Trinajstić information content (AvgIpc) is 2.67. The maximum Gasteiger partial charge on any atom is 0.325 e. The summed E-state index contributed by atoms with van der Waals surface area (Å²) in [5, 5.41) is 0. The molecule has 2 atom stereocenters. The number of esters is 1. The first-order chi connectivity index (χ1) is 12.6. The standard InChI is InChI=1S/C21H22BrNO3/c1-26-19(24)14-23-20(16-10-12-17(22)13-11-16)18(21(23)25)9-5-8-15-6-3-2-4-7-15/h2-4,6-7,10-13,18,20H,5,8-9,14H2,1H3/t18-,20-/m1/s1. The number of carbonyl (C=O) groups is 2. The van der Waals surface area contributed by atoms with E-state index in [2.05, 4.69) is 28.1 Å². The van der Waals surface area contributed by atoms with Gasteiger partial charge >= 0.3 is 5.97 Å². The Bertz CT molecular complexity index is 761. The zero-order valence-electron chi connectivity index (χ0n) is 14.7. The van der Waals surface area contributed by atoms with Crippen molar-refractivity contribution in [2.75, 3.05) is 13.7 Å². The van der Waals surface area contributed by atoms with Crippen LogP contribution in [-0.2, 0) is 20.7 Å². The van der Waals surface area contributed by atoms with Crippen LogP contribution in [0.1, 0.15) is 30.0 Å².